The van der Waals surface area contributed by atoms with Gasteiger partial charge in [-0.2, -0.15) is 0 Å². The summed E-state index contributed by atoms with van der Waals surface area (Å²) in [5.74, 6) is 0.0448. The number of hydrogen-bond acceptors (Lipinski definition) is 2. The maximum atomic E-state index is 12.3. The Kier molecular flexibility index (Phi) is 3.29. The molecule has 1 aliphatic rings. The summed E-state index contributed by atoms with van der Waals surface area (Å²) in [6, 6.07) is 4.08. The van der Waals surface area contributed by atoms with Crippen LogP contribution in [-0.4, -0.2) is 39.7 Å². The van der Waals surface area contributed by atoms with Crippen LogP contribution in [0.2, 0.25) is 0 Å². The van der Waals surface area contributed by atoms with E-state index in [0.717, 1.165) is 25.1 Å². The molecule has 16 heavy (non-hydrogen) atoms. The van der Waals surface area contributed by atoms with Crippen LogP contribution in [-0.2, 0) is 6.54 Å². The molecule has 4 nitrogen and oxygen atoms in total. The van der Waals surface area contributed by atoms with Crippen molar-refractivity contribution in [2.75, 3.05) is 13.2 Å². The number of amides is 1. The minimum Gasteiger partial charge on any atom is -0.395 e. The Morgan fingerprint density at radius 3 is 2.94 bits per heavy atom. The number of nitrogens with zero attached hydrogens (tertiary/aromatic N) is 2. The number of aromatic nitrogens is 1. The van der Waals surface area contributed by atoms with Crippen LogP contribution in [0.3, 0.4) is 0 Å². The Morgan fingerprint density at radius 1 is 1.62 bits per heavy atom. The molecule has 1 N–H and O–H groups in total. The molecule has 0 aliphatic heterocycles. The average Bonchev–Trinajstić information content (AvgIpc) is 3.01. The van der Waals surface area contributed by atoms with E-state index in [1.165, 1.54) is 0 Å². The third kappa shape index (κ3) is 2.11. The highest BCUT2D eigenvalue weighted by Gasteiger charge is 2.33. The highest BCUT2D eigenvalue weighted by molar-refractivity contribution is 5.93. The molecule has 4 heteroatoms. The van der Waals surface area contributed by atoms with Crippen molar-refractivity contribution in [2.45, 2.75) is 32.4 Å². The standard InChI is InChI=1S/C12H18N2O2/c1-2-13-7-3-4-11(13)12(16)14(8-9-15)10-5-6-10/h3-4,7,10,15H,2,5-6,8-9H2,1H3. The summed E-state index contributed by atoms with van der Waals surface area (Å²) < 4.78 is 1.94. The van der Waals surface area contributed by atoms with E-state index in [2.05, 4.69) is 0 Å². The highest BCUT2D eigenvalue weighted by Crippen LogP contribution is 2.28. The van der Waals surface area contributed by atoms with Crippen molar-refractivity contribution in [1.29, 1.82) is 0 Å². The zero-order chi connectivity index (χ0) is 11.5. The highest BCUT2D eigenvalue weighted by atomic mass is 16.3. The van der Waals surface area contributed by atoms with Crippen molar-refractivity contribution in [3.05, 3.63) is 24.0 Å². The van der Waals surface area contributed by atoms with Crippen LogP contribution >= 0.6 is 0 Å². The number of aliphatic hydroxyl groups is 1. The molecule has 1 aromatic heterocycles. The van der Waals surface area contributed by atoms with E-state index in [1.54, 1.807) is 4.90 Å². The summed E-state index contributed by atoms with van der Waals surface area (Å²) in [5.41, 5.74) is 0.725. The molecule has 0 unspecified atom stereocenters. The normalized spacial score (nSPS) is 15.1. The fourth-order valence-electron chi connectivity index (χ4n) is 1.98. The summed E-state index contributed by atoms with van der Waals surface area (Å²) in [4.78, 5) is 14.0. The van der Waals surface area contributed by atoms with Crippen molar-refractivity contribution >= 4 is 5.91 Å². The van der Waals surface area contributed by atoms with E-state index >= 15 is 0 Å². The maximum absolute atomic E-state index is 12.3. The van der Waals surface area contributed by atoms with Crippen LogP contribution in [0.15, 0.2) is 18.3 Å². The molecule has 2 rings (SSSR count). The molecule has 0 radical (unpaired) electrons. The van der Waals surface area contributed by atoms with E-state index in [1.807, 2.05) is 29.8 Å². The molecule has 0 atom stereocenters. The third-order valence-corrected chi connectivity index (χ3v) is 2.98. The maximum Gasteiger partial charge on any atom is 0.270 e. The van der Waals surface area contributed by atoms with E-state index in [9.17, 15) is 4.79 Å². The number of aliphatic hydroxyl groups excluding tert-OH is 1. The van der Waals surface area contributed by atoms with E-state index < -0.39 is 0 Å². The Hall–Kier alpha value is -1.29. The average molecular weight is 222 g/mol. The Bertz CT molecular complexity index is 369. The van der Waals surface area contributed by atoms with Gasteiger partial charge < -0.3 is 14.6 Å². The first-order chi connectivity index (χ1) is 7.77. The first-order valence-electron chi connectivity index (χ1n) is 5.85. The molecule has 0 spiro atoms. The molecule has 0 bridgehead atoms. The second-order valence-electron chi connectivity index (χ2n) is 4.13. The van der Waals surface area contributed by atoms with Crippen molar-refractivity contribution < 1.29 is 9.90 Å². The number of aryl methyl sites for hydroxylation is 1. The van der Waals surface area contributed by atoms with Gasteiger partial charge in [0.2, 0.25) is 0 Å². The minimum absolute atomic E-state index is 0.0368. The molecule has 0 aromatic carbocycles. The van der Waals surface area contributed by atoms with Crippen LogP contribution in [0.4, 0.5) is 0 Å². The molecule has 88 valence electrons. The van der Waals surface area contributed by atoms with Crippen LogP contribution in [0.5, 0.6) is 0 Å². The Morgan fingerprint density at radius 2 is 2.38 bits per heavy atom. The lowest BCUT2D eigenvalue weighted by atomic mass is 10.3. The van der Waals surface area contributed by atoms with Gasteiger partial charge in [-0.1, -0.05) is 0 Å². The quantitative estimate of drug-likeness (QED) is 0.811. The molecule has 0 saturated heterocycles. The Labute approximate surface area is 95.5 Å². The number of rotatable bonds is 5. The monoisotopic (exact) mass is 222 g/mol. The van der Waals surface area contributed by atoms with E-state index in [-0.39, 0.29) is 12.5 Å². The lowest BCUT2D eigenvalue weighted by molar-refractivity contribution is 0.0697. The summed E-state index contributed by atoms with van der Waals surface area (Å²) in [5, 5.41) is 8.99. The van der Waals surface area contributed by atoms with Crippen LogP contribution in [0, 0.1) is 0 Å². The van der Waals surface area contributed by atoms with Gasteiger partial charge in [0.1, 0.15) is 5.69 Å². The smallest absolute Gasteiger partial charge is 0.270 e. The fraction of sp³-hybridized carbons (Fsp3) is 0.583. The van der Waals surface area contributed by atoms with Gasteiger partial charge in [0.25, 0.3) is 5.91 Å². The molecule has 1 heterocycles. The molecular weight excluding hydrogens is 204 g/mol. The summed E-state index contributed by atoms with van der Waals surface area (Å²) in [6.45, 7) is 3.30. The zero-order valence-corrected chi connectivity index (χ0v) is 9.59. The van der Waals surface area contributed by atoms with Crippen molar-refractivity contribution in [3.8, 4) is 0 Å². The van der Waals surface area contributed by atoms with Gasteiger partial charge in [-0.15, -0.1) is 0 Å². The molecular formula is C12H18N2O2. The molecule has 1 fully saturated rings. The summed E-state index contributed by atoms with van der Waals surface area (Å²) >= 11 is 0. The van der Waals surface area contributed by atoms with Crippen LogP contribution in [0.25, 0.3) is 0 Å². The van der Waals surface area contributed by atoms with Crippen LogP contribution in [0.1, 0.15) is 30.3 Å². The van der Waals surface area contributed by atoms with Gasteiger partial charge in [-0.25, -0.2) is 0 Å². The van der Waals surface area contributed by atoms with Crippen molar-refractivity contribution in [1.82, 2.24) is 9.47 Å². The van der Waals surface area contributed by atoms with Crippen LogP contribution < -0.4 is 0 Å². The van der Waals surface area contributed by atoms with Gasteiger partial charge in [-0.05, 0) is 31.9 Å². The molecule has 1 saturated carbocycles. The van der Waals surface area contributed by atoms with Crippen molar-refractivity contribution in [3.63, 3.8) is 0 Å². The SMILES string of the molecule is CCn1cccc1C(=O)N(CCO)C1CC1. The molecule has 1 amide bonds. The Balaban J connectivity index is 2.15. The lowest BCUT2D eigenvalue weighted by Gasteiger charge is -2.21. The molecule has 1 aromatic rings. The first kappa shape index (κ1) is 11.2. The van der Waals surface area contributed by atoms with Crippen molar-refractivity contribution in [2.24, 2.45) is 0 Å². The van der Waals surface area contributed by atoms with Gasteiger partial charge in [0, 0.05) is 25.3 Å². The summed E-state index contributed by atoms with van der Waals surface area (Å²) in [6.07, 6.45) is 4.05. The van der Waals surface area contributed by atoms with Gasteiger partial charge in [0.15, 0.2) is 0 Å². The predicted molar refractivity (Wildman–Crippen MR) is 61.3 cm³/mol. The first-order valence-corrected chi connectivity index (χ1v) is 5.85. The van der Waals surface area contributed by atoms with E-state index in [4.69, 9.17) is 5.11 Å². The van der Waals surface area contributed by atoms with Gasteiger partial charge in [-0.3, -0.25) is 4.79 Å². The number of hydrogen-bond donors (Lipinski definition) is 1. The topological polar surface area (TPSA) is 45.5 Å². The minimum atomic E-state index is 0.0368. The van der Waals surface area contributed by atoms with E-state index in [0.29, 0.717) is 12.6 Å². The second-order valence-corrected chi connectivity index (χ2v) is 4.13. The largest absolute Gasteiger partial charge is 0.395 e. The lowest BCUT2D eigenvalue weighted by Crippen LogP contribution is -2.36. The fourth-order valence-corrected chi connectivity index (χ4v) is 1.98. The second kappa shape index (κ2) is 4.70. The number of carbonyl (C=O) groups excluding carboxylic acids is 1. The summed E-state index contributed by atoms with van der Waals surface area (Å²) in [7, 11) is 0. The van der Waals surface area contributed by atoms with Gasteiger partial charge in [0.05, 0.1) is 6.61 Å². The van der Waals surface area contributed by atoms with Gasteiger partial charge >= 0.3 is 0 Å². The molecule has 1 aliphatic carbocycles. The third-order valence-electron chi connectivity index (χ3n) is 2.98. The predicted octanol–water partition coefficient (Wildman–Crippen LogP) is 1.10. The zero-order valence-electron chi connectivity index (χ0n) is 9.59. The number of carbonyl (C=O) groups is 1.